The van der Waals surface area contributed by atoms with Gasteiger partial charge in [-0.3, -0.25) is 9.69 Å². The Balaban J connectivity index is 2.43. The number of rotatable bonds is 2. The first-order chi connectivity index (χ1) is 6.95. The fourth-order valence-corrected chi connectivity index (χ4v) is 2.09. The average Bonchev–Trinajstić information content (AvgIpc) is 2.17. The van der Waals surface area contributed by atoms with E-state index in [0.29, 0.717) is 0 Å². The van der Waals surface area contributed by atoms with Crippen LogP contribution in [0.5, 0.6) is 0 Å². The van der Waals surface area contributed by atoms with Crippen molar-refractivity contribution in [3.8, 4) is 6.07 Å². The summed E-state index contributed by atoms with van der Waals surface area (Å²) in [6.07, 6.45) is 1.91. The Morgan fingerprint density at radius 1 is 1.40 bits per heavy atom. The van der Waals surface area contributed by atoms with Crippen LogP contribution in [0.4, 0.5) is 0 Å². The molecule has 1 saturated heterocycles. The molecule has 84 valence electrons. The topological polar surface area (TPSA) is 44.1 Å². The highest BCUT2D eigenvalue weighted by Gasteiger charge is 2.29. The number of likely N-dealkylation sites (tertiary alicyclic amines) is 1. The fraction of sp³-hybridized carbons (Fsp3) is 0.833. The summed E-state index contributed by atoms with van der Waals surface area (Å²) in [6, 6.07) is 1.94. The summed E-state index contributed by atoms with van der Waals surface area (Å²) in [6.45, 7) is 8.55. The zero-order valence-electron chi connectivity index (χ0n) is 9.92. The molecule has 1 fully saturated rings. The van der Waals surface area contributed by atoms with Gasteiger partial charge in [0.25, 0.3) is 0 Å². The van der Waals surface area contributed by atoms with E-state index in [2.05, 4.69) is 25.7 Å². The van der Waals surface area contributed by atoms with E-state index in [1.165, 1.54) is 0 Å². The maximum atomic E-state index is 11.5. The van der Waals surface area contributed by atoms with Gasteiger partial charge in [-0.25, -0.2) is 0 Å². The maximum absolute atomic E-state index is 11.5. The summed E-state index contributed by atoms with van der Waals surface area (Å²) in [5, 5.41) is 8.47. The number of Topliss-reactive ketones (excluding diaryl/α,β-unsaturated/α-hetero) is 1. The molecule has 0 aromatic rings. The van der Waals surface area contributed by atoms with Crippen molar-refractivity contribution in [2.45, 2.75) is 45.6 Å². The van der Waals surface area contributed by atoms with Crippen LogP contribution >= 0.6 is 0 Å². The van der Waals surface area contributed by atoms with Crippen LogP contribution < -0.4 is 0 Å². The molecular weight excluding hydrogens is 188 g/mol. The van der Waals surface area contributed by atoms with Crippen LogP contribution in [-0.2, 0) is 4.79 Å². The maximum Gasteiger partial charge on any atom is 0.150 e. The van der Waals surface area contributed by atoms with Gasteiger partial charge in [-0.15, -0.1) is 0 Å². The Bertz CT molecular complexity index is 264. The zero-order chi connectivity index (χ0) is 11.5. The quantitative estimate of drug-likeness (QED) is 0.697. The van der Waals surface area contributed by atoms with E-state index in [1.807, 2.05) is 6.07 Å². The lowest BCUT2D eigenvalue weighted by Crippen LogP contribution is -2.47. The van der Waals surface area contributed by atoms with E-state index in [4.69, 9.17) is 5.26 Å². The van der Waals surface area contributed by atoms with Gasteiger partial charge in [0.15, 0.2) is 0 Å². The summed E-state index contributed by atoms with van der Waals surface area (Å²) in [7, 11) is 0. The molecule has 0 amide bonds. The molecular formula is C12H20N2O. The third-order valence-electron chi connectivity index (χ3n) is 3.15. The first kappa shape index (κ1) is 12.2. The van der Waals surface area contributed by atoms with Gasteiger partial charge in [0.2, 0.25) is 0 Å². The first-order valence-corrected chi connectivity index (χ1v) is 5.60. The fourth-order valence-electron chi connectivity index (χ4n) is 2.09. The van der Waals surface area contributed by atoms with Gasteiger partial charge in [0.05, 0.1) is 12.5 Å². The largest absolute Gasteiger partial charge is 0.298 e. The van der Waals surface area contributed by atoms with Crippen LogP contribution in [0.2, 0.25) is 0 Å². The van der Waals surface area contributed by atoms with Crippen molar-refractivity contribution >= 4 is 5.78 Å². The van der Waals surface area contributed by atoms with Crippen molar-refractivity contribution in [2.75, 3.05) is 13.1 Å². The van der Waals surface area contributed by atoms with E-state index in [1.54, 1.807) is 0 Å². The van der Waals surface area contributed by atoms with Crippen LogP contribution in [0.3, 0.4) is 0 Å². The number of carbonyl (C=O) groups is 1. The van der Waals surface area contributed by atoms with Crippen molar-refractivity contribution in [1.82, 2.24) is 4.90 Å². The lowest BCUT2D eigenvalue weighted by Gasteiger charge is -2.40. The smallest absolute Gasteiger partial charge is 0.150 e. The summed E-state index contributed by atoms with van der Waals surface area (Å²) in [5.74, 6) is 0.259. The van der Waals surface area contributed by atoms with Crippen molar-refractivity contribution in [2.24, 2.45) is 5.92 Å². The molecule has 0 aliphatic carbocycles. The molecule has 0 bridgehead atoms. The normalized spacial score (nSPS) is 19.9. The highest BCUT2D eigenvalue weighted by Crippen LogP contribution is 2.24. The van der Waals surface area contributed by atoms with Gasteiger partial charge in [-0.1, -0.05) is 0 Å². The number of carbonyl (C=O) groups excluding carboxylic acids is 1. The highest BCUT2D eigenvalue weighted by atomic mass is 16.1. The molecule has 1 heterocycles. The number of nitrogens with zero attached hydrogens (tertiary/aromatic N) is 2. The molecule has 0 unspecified atom stereocenters. The molecule has 0 aromatic heterocycles. The minimum Gasteiger partial charge on any atom is -0.298 e. The molecule has 1 rings (SSSR count). The lowest BCUT2D eigenvalue weighted by atomic mass is 9.89. The molecule has 1 aliphatic heterocycles. The van der Waals surface area contributed by atoms with Crippen LogP contribution in [0.1, 0.15) is 40.0 Å². The summed E-state index contributed by atoms with van der Waals surface area (Å²) >= 11 is 0. The minimum atomic E-state index is 0.0835. The number of nitriles is 1. The predicted octanol–water partition coefficient (Wildman–Crippen LogP) is 1.98. The van der Waals surface area contributed by atoms with E-state index in [9.17, 15) is 4.79 Å². The van der Waals surface area contributed by atoms with Gasteiger partial charge in [-0.05, 0) is 46.7 Å². The van der Waals surface area contributed by atoms with E-state index < -0.39 is 0 Å². The summed E-state index contributed by atoms with van der Waals surface area (Å²) in [5.41, 5.74) is 0.198. The van der Waals surface area contributed by atoms with Gasteiger partial charge in [-0.2, -0.15) is 5.26 Å². The molecule has 0 saturated carbocycles. The number of ketones is 1. The SMILES string of the molecule is CC(C)(C)N1CCC(C(=O)CC#N)CC1. The molecule has 0 atom stereocenters. The minimum absolute atomic E-state index is 0.0835. The van der Waals surface area contributed by atoms with Crippen molar-refractivity contribution in [1.29, 1.82) is 5.26 Å². The van der Waals surface area contributed by atoms with Crippen molar-refractivity contribution in [3.05, 3.63) is 0 Å². The van der Waals surface area contributed by atoms with Crippen LogP contribution in [0.15, 0.2) is 0 Å². The molecule has 3 nitrogen and oxygen atoms in total. The Labute approximate surface area is 92.1 Å². The van der Waals surface area contributed by atoms with Crippen molar-refractivity contribution < 1.29 is 4.79 Å². The molecule has 15 heavy (non-hydrogen) atoms. The standard InChI is InChI=1S/C12H20N2O/c1-12(2,3)14-8-5-10(6-9-14)11(15)4-7-13/h10H,4-6,8-9H2,1-3H3. The molecule has 0 radical (unpaired) electrons. The zero-order valence-corrected chi connectivity index (χ0v) is 9.92. The van der Waals surface area contributed by atoms with E-state index in [0.717, 1.165) is 25.9 Å². The third-order valence-corrected chi connectivity index (χ3v) is 3.15. The van der Waals surface area contributed by atoms with Crippen LogP contribution in [0, 0.1) is 17.2 Å². The third kappa shape index (κ3) is 3.32. The molecule has 0 aromatic carbocycles. The first-order valence-electron chi connectivity index (χ1n) is 5.60. The Hall–Kier alpha value is -0.880. The Kier molecular flexibility index (Phi) is 3.87. The van der Waals surface area contributed by atoms with Gasteiger partial charge < -0.3 is 0 Å². The lowest BCUT2D eigenvalue weighted by molar-refractivity contribution is -0.123. The van der Waals surface area contributed by atoms with Crippen LogP contribution in [0.25, 0.3) is 0 Å². The second-order valence-corrected chi connectivity index (χ2v) is 5.23. The number of hydrogen-bond acceptors (Lipinski definition) is 3. The Morgan fingerprint density at radius 2 is 1.93 bits per heavy atom. The van der Waals surface area contributed by atoms with Gasteiger partial charge >= 0.3 is 0 Å². The highest BCUT2D eigenvalue weighted by molar-refractivity contribution is 5.82. The van der Waals surface area contributed by atoms with Gasteiger partial charge in [0.1, 0.15) is 5.78 Å². The average molecular weight is 208 g/mol. The molecule has 1 aliphatic rings. The Morgan fingerprint density at radius 3 is 2.33 bits per heavy atom. The summed E-state index contributed by atoms with van der Waals surface area (Å²) in [4.78, 5) is 13.9. The molecule has 3 heteroatoms. The number of piperidine rings is 1. The monoisotopic (exact) mass is 208 g/mol. The molecule has 0 spiro atoms. The van der Waals surface area contributed by atoms with Crippen LogP contribution in [-0.4, -0.2) is 29.3 Å². The van der Waals surface area contributed by atoms with E-state index in [-0.39, 0.29) is 23.7 Å². The van der Waals surface area contributed by atoms with Crippen molar-refractivity contribution in [3.63, 3.8) is 0 Å². The second-order valence-electron chi connectivity index (χ2n) is 5.23. The summed E-state index contributed by atoms with van der Waals surface area (Å²) < 4.78 is 0. The number of hydrogen-bond donors (Lipinski definition) is 0. The van der Waals surface area contributed by atoms with E-state index >= 15 is 0 Å². The van der Waals surface area contributed by atoms with Gasteiger partial charge in [0, 0.05) is 11.5 Å². The predicted molar refractivity (Wildman–Crippen MR) is 59.3 cm³/mol. The second kappa shape index (κ2) is 4.76. The molecule has 0 N–H and O–H groups in total.